The fourth-order valence-electron chi connectivity index (χ4n) is 4.55. The lowest BCUT2D eigenvalue weighted by molar-refractivity contribution is 0.513. The van der Waals surface area contributed by atoms with Gasteiger partial charge in [0.05, 0.1) is 29.1 Å². The number of hydrogen-bond acceptors (Lipinski definition) is 5. The summed E-state index contributed by atoms with van der Waals surface area (Å²) in [5.41, 5.74) is 2.87. The molecule has 0 spiro atoms. The molecule has 0 radical (unpaired) electrons. The third-order valence-electron chi connectivity index (χ3n) is 6.21. The normalized spacial score (nSPS) is 15.8. The summed E-state index contributed by atoms with van der Waals surface area (Å²) in [6.07, 6.45) is 2.02. The van der Waals surface area contributed by atoms with Crippen molar-refractivity contribution in [2.75, 3.05) is 23.3 Å². The first-order chi connectivity index (χ1) is 16.6. The lowest BCUT2D eigenvalue weighted by Crippen LogP contribution is -2.45. The van der Waals surface area contributed by atoms with Gasteiger partial charge in [-0.25, -0.2) is 4.98 Å². The van der Waals surface area contributed by atoms with Gasteiger partial charge in [0.2, 0.25) is 5.95 Å². The van der Waals surface area contributed by atoms with Crippen molar-refractivity contribution >= 4 is 34.1 Å². The number of anilines is 2. The van der Waals surface area contributed by atoms with E-state index in [0.717, 1.165) is 37.2 Å². The zero-order valence-corrected chi connectivity index (χ0v) is 19.4. The Balaban J connectivity index is 1.56. The molecule has 5 rings (SSSR count). The van der Waals surface area contributed by atoms with Gasteiger partial charge in [-0.3, -0.25) is 9.36 Å². The van der Waals surface area contributed by atoms with Gasteiger partial charge in [0.15, 0.2) is 0 Å². The monoisotopic (exact) mass is 469 g/mol. The van der Waals surface area contributed by atoms with Crippen molar-refractivity contribution in [3.63, 3.8) is 0 Å². The molecular formula is C27H24ClN5O. The first kappa shape index (κ1) is 22.0. The molecule has 0 bridgehead atoms. The lowest BCUT2D eigenvalue weighted by Gasteiger charge is -2.35. The van der Waals surface area contributed by atoms with Crippen LogP contribution in [0.5, 0.6) is 0 Å². The molecule has 0 aliphatic carbocycles. The van der Waals surface area contributed by atoms with E-state index < -0.39 is 0 Å². The lowest BCUT2D eigenvalue weighted by atomic mass is 10.1. The second kappa shape index (κ2) is 9.58. The Morgan fingerprint density at radius 2 is 1.88 bits per heavy atom. The van der Waals surface area contributed by atoms with Crippen LogP contribution in [0.25, 0.3) is 10.9 Å². The standard InChI is InChI=1S/C27H24ClN5O/c28-21-12-13-25-24(15-21)26(34)33(17-20-8-5-4-7-19(20)16-29)27(31-25)32-14-6-11-23(18-32)30-22-9-2-1-3-10-22/h1-5,7-10,12-13,15,23,30H,6,11,14,17-18H2/t23-/m1/s1. The molecule has 170 valence electrons. The molecule has 0 unspecified atom stereocenters. The Hall–Kier alpha value is -3.82. The molecule has 1 aliphatic rings. The molecule has 3 aromatic carbocycles. The summed E-state index contributed by atoms with van der Waals surface area (Å²) in [5, 5.41) is 14.2. The summed E-state index contributed by atoms with van der Waals surface area (Å²) in [5.74, 6) is 0.618. The molecule has 1 saturated heterocycles. The van der Waals surface area contributed by atoms with Crippen LogP contribution in [0.2, 0.25) is 5.02 Å². The van der Waals surface area contributed by atoms with Crippen LogP contribution in [-0.4, -0.2) is 28.7 Å². The Morgan fingerprint density at radius 1 is 1.09 bits per heavy atom. The number of nitrogens with zero attached hydrogens (tertiary/aromatic N) is 4. The molecule has 1 atom stereocenters. The van der Waals surface area contributed by atoms with E-state index in [-0.39, 0.29) is 18.1 Å². The van der Waals surface area contributed by atoms with Gasteiger partial charge < -0.3 is 10.2 Å². The van der Waals surface area contributed by atoms with E-state index in [4.69, 9.17) is 16.6 Å². The number of nitriles is 1. The minimum atomic E-state index is -0.159. The van der Waals surface area contributed by atoms with Crippen molar-refractivity contribution in [1.82, 2.24) is 9.55 Å². The van der Waals surface area contributed by atoms with Gasteiger partial charge in [-0.05, 0) is 54.8 Å². The summed E-state index contributed by atoms with van der Waals surface area (Å²) in [6.45, 7) is 1.79. The second-order valence-corrected chi connectivity index (χ2v) is 8.97. The van der Waals surface area contributed by atoms with Crippen LogP contribution in [0.3, 0.4) is 0 Å². The smallest absolute Gasteiger partial charge is 0.263 e. The molecule has 1 aliphatic heterocycles. The average Bonchev–Trinajstić information content (AvgIpc) is 2.87. The minimum absolute atomic E-state index is 0.159. The molecule has 1 aromatic heterocycles. The van der Waals surface area contributed by atoms with Gasteiger partial charge in [-0.1, -0.05) is 48.0 Å². The van der Waals surface area contributed by atoms with Gasteiger partial charge in [-0.2, -0.15) is 5.26 Å². The second-order valence-electron chi connectivity index (χ2n) is 8.53. The van der Waals surface area contributed by atoms with Crippen LogP contribution in [0, 0.1) is 11.3 Å². The van der Waals surface area contributed by atoms with Gasteiger partial charge >= 0.3 is 0 Å². The van der Waals surface area contributed by atoms with Gasteiger partial charge in [0.1, 0.15) is 0 Å². The fraction of sp³-hybridized carbons (Fsp3) is 0.222. The maximum Gasteiger partial charge on any atom is 0.263 e. The Labute approximate surface area is 203 Å². The number of benzene rings is 3. The Bertz CT molecular complexity index is 1430. The first-order valence-corrected chi connectivity index (χ1v) is 11.7. The fourth-order valence-corrected chi connectivity index (χ4v) is 4.72. The number of para-hydroxylation sites is 1. The number of aromatic nitrogens is 2. The first-order valence-electron chi connectivity index (χ1n) is 11.4. The molecule has 7 heteroatoms. The maximum absolute atomic E-state index is 13.7. The van der Waals surface area contributed by atoms with E-state index in [9.17, 15) is 10.1 Å². The summed E-state index contributed by atoms with van der Waals surface area (Å²) in [4.78, 5) is 20.7. The summed E-state index contributed by atoms with van der Waals surface area (Å²) in [6, 6.07) is 25.2. The summed E-state index contributed by atoms with van der Waals surface area (Å²) >= 11 is 6.20. The van der Waals surface area contributed by atoms with E-state index in [0.29, 0.717) is 27.4 Å². The predicted octanol–water partition coefficient (Wildman–Crippen LogP) is 5.05. The molecule has 0 amide bonds. The Morgan fingerprint density at radius 3 is 2.71 bits per heavy atom. The molecule has 34 heavy (non-hydrogen) atoms. The molecule has 1 N–H and O–H groups in total. The average molecular weight is 470 g/mol. The largest absolute Gasteiger partial charge is 0.381 e. The van der Waals surface area contributed by atoms with E-state index in [1.807, 2.05) is 36.4 Å². The zero-order valence-electron chi connectivity index (χ0n) is 18.6. The molecular weight excluding hydrogens is 446 g/mol. The highest BCUT2D eigenvalue weighted by Crippen LogP contribution is 2.24. The van der Waals surface area contributed by atoms with E-state index in [2.05, 4.69) is 28.4 Å². The number of fused-ring (bicyclic) bond motifs is 1. The van der Waals surface area contributed by atoms with E-state index in [1.54, 1.807) is 28.8 Å². The number of rotatable bonds is 5. The highest BCUT2D eigenvalue weighted by atomic mass is 35.5. The van der Waals surface area contributed by atoms with Crippen molar-refractivity contribution in [1.29, 1.82) is 5.26 Å². The molecule has 4 aromatic rings. The van der Waals surface area contributed by atoms with Crippen LogP contribution in [0.1, 0.15) is 24.0 Å². The summed E-state index contributed by atoms with van der Waals surface area (Å²) < 4.78 is 1.68. The van der Waals surface area contributed by atoms with Gasteiger partial charge in [0.25, 0.3) is 5.56 Å². The molecule has 0 saturated carbocycles. The van der Waals surface area contributed by atoms with Crippen molar-refractivity contribution in [2.45, 2.75) is 25.4 Å². The van der Waals surface area contributed by atoms with Gasteiger partial charge in [0, 0.05) is 29.8 Å². The maximum atomic E-state index is 13.7. The number of hydrogen-bond donors (Lipinski definition) is 1. The van der Waals surface area contributed by atoms with Crippen molar-refractivity contribution in [2.24, 2.45) is 0 Å². The van der Waals surface area contributed by atoms with E-state index >= 15 is 0 Å². The van der Waals surface area contributed by atoms with Crippen LogP contribution in [0.15, 0.2) is 77.6 Å². The van der Waals surface area contributed by atoms with E-state index in [1.165, 1.54) is 0 Å². The minimum Gasteiger partial charge on any atom is -0.381 e. The number of nitrogens with one attached hydrogen (secondary N) is 1. The number of piperidine rings is 1. The molecule has 6 nitrogen and oxygen atoms in total. The van der Waals surface area contributed by atoms with Crippen LogP contribution in [0.4, 0.5) is 11.6 Å². The highest BCUT2D eigenvalue weighted by Gasteiger charge is 2.25. The zero-order chi connectivity index (χ0) is 23.5. The third-order valence-corrected chi connectivity index (χ3v) is 6.45. The quantitative estimate of drug-likeness (QED) is 0.442. The third kappa shape index (κ3) is 4.48. The van der Waals surface area contributed by atoms with Crippen molar-refractivity contribution in [3.05, 3.63) is 99.3 Å². The SMILES string of the molecule is N#Cc1ccccc1Cn1c(N2CCC[C@@H](Nc3ccccc3)C2)nc2ccc(Cl)cc2c1=O. The highest BCUT2D eigenvalue weighted by molar-refractivity contribution is 6.31. The molecule has 2 heterocycles. The van der Waals surface area contributed by atoms with Crippen LogP contribution in [-0.2, 0) is 6.54 Å². The predicted molar refractivity (Wildman–Crippen MR) is 137 cm³/mol. The summed E-state index contributed by atoms with van der Waals surface area (Å²) in [7, 11) is 0. The van der Waals surface area contributed by atoms with Crippen LogP contribution >= 0.6 is 11.6 Å². The molecule has 1 fully saturated rings. The van der Waals surface area contributed by atoms with Gasteiger partial charge in [-0.15, -0.1) is 0 Å². The number of halogens is 1. The Kier molecular flexibility index (Phi) is 6.20. The van der Waals surface area contributed by atoms with Crippen LogP contribution < -0.4 is 15.8 Å². The van der Waals surface area contributed by atoms with Crippen molar-refractivity contribution in [3.8, 4) is 6.07 Å². The topological polar surface area (TPSA) is 74.0 Å². The van der Waals surface area contributed by atoms with Crippen molar-refractivity contribution < 1.29 is 0 Å².